The molecule has 0 spiro atoms. The number of fused-ring (bicyclic) bond motifs is 3. The Kier molecular flexibility index (Phi) is 1.55. The molecule has 0 saturated carbocycles. The fourth-order valence-corrected chi connectivity index (χ4v) is 2.56. The molecule has 1 unspecified atom stereocenters. The lowest BCUT2D eigenvalue weighted by Crippen LogP contribution is -1.84. The van der Waals surface area contributed by atoms with Crippen molar-refractivity contribution in [2.24, 2.45) is 4.99 Å². The zero-order valence-electron chi connectivity index (χ0n) is 7.31. The van der Waals surface area contributed by atoms with E-state index in [1.54, 1.807) is 0 Å². The van der Waals surface area contributed by atoms with Crippen molar-refractivity contribution in [3.05, 3.63) is 36.4 Å². The average Bonchev–Trinajstić information content (AvgIpc) is 2.61. The van der Waals surface area contributed by atoms with Gasteiger partial charge in [0.1, 0.15) is 0 Å². The zero-order chi connectivity index (χ0) is 9.54. The van der Waals surface area contributed by atoms with Crippen LogP contribution in [0, 0.1) is 0 Å². The predicted molar refractivity (Wildman–Crippen MR) is 58.5 cm³/mol. The molecule has 3 heteroatoms. The van der Waals surface area contributed by atoms with Crippen LogP contribution in [0.2, 0.25) is 0 Å². The van der Waals surface area contributed by atoms with Crippen LogP contribution in [0.3, 0.4) is 0 Å². The van der Waals surface area contributed by atoms with Gasteiger partial charge in [0, 0.05) is 5.39 Å². The Bertz CT molecular complexity index is 575. The molecule has 0 amide bonds. The van der Waals surface area contributed by atoms with Gasteiger partial charge in [0.05, 0.1) is 26.9 Å². The fourth-order valence-electron chi connectivity index (χ4n) is 1.69. The van der Waals surface area contributed by atoms with Crippen LogP contribution < -0.4 is 0 Å². The van der Waals surface area contributed by atoms with Gasteiger partial charge in [0.2, 0.25) is 0 Å². The van der Waals surface area contributed by atoms with Crippen molar-refractivity contribution in [3.63, 3.8) is 0 Å². The van der Waals surface area contributed by atoms with Crippen LogP contribution in [0.5, 0.6) is 0 Å². The summed E-state index contributed by atoms with van der Waals surface area (Å²) in [7, 11) is -1.05. The van der Waals surface area contributed by atoms with Crippen LogP contribution in [0.1, 0.15) is 0 Å². The third-order valence-corrected chi connectivity index (χ3v) is 3.42. The van der Waals surface area contributed by atoms with Crippen molar-refractivity contribution in [1.29, 1.82) is 0 Å². The molecule has 0 aromatic heterocycles. The first-order valence-corrected chi connectivity index (χ1v) is 5.54. The molecule has 1 heterocycles. The summed E-state index contributed by atoms with van der Waals surface area (Å²) < 4.78 is 11.5. The molecular weight excluding hydrogens is 194 g/mol. The average molecular weight is 201 g/mol. The van der Waals surface area contributed by atoms with E-state index in [-0.39, 0.29) is 0 Å². The van der Waals surface area contributed by atoms with Crippen molar-refractivity contribution in [1.82, 2.24) is 0 Å². The second-order valence-corrected chi connectivity index (χ2v) is 4.41. The van der Waals surface area contributed by atoms with Gasteiger partial charge in [-0.3, -0.25) is 0 Å². The molecule has 1 aliphatic heterocycles. The summed E-state index contributed by atoms with van der Waals surface area (Å²) in [5, 5.41) is 2.22. The van der Waals surface area contributed by atoms with Crippen LogP contribution in [0.25, 0.3) is 10.8 Å². The van der Waals surface area contributed by atoms with Crippen molar-refractivity contribution >= 4 is 32.8 Å². The summed E-state index contributed by atoms with van der Waals surface area (Å²) in [6.07, 6.45) is 0. The molecule has 68 valence electrons. The van der Waals surface area contributed by atoms with E-state index in [2.05, 4.69) is 4.99 Å². The third-order valence-electron chi connectivity index (χ3n) is 2.36. The van der Waals surface area contributed by atoms with Crippen molar-refractivity contribution in [2.75, 3.05) is 0 Å². The van der Waals surface area contributed by atoms with E-state index in [9.17, 15) is 4.21 Å². The predicted octanol–water partition coefficient (Wildman–Crippen LogP) is 2.62. The largest absolute Gasteiger partial charge is 0.248 e. The van der Waals surface area contributed by atoms with Crippen molar-refractivity contribution < 1.29 is 4.21 Å². The highest BCUT2D eigenvalue weighted by molar-refractivity contribution is 7.99. The highest BCUT2D eigenvalue weighted by Crippen LogP contribution is 2.34. The van der Waals surface area contributed by atoms with E-state index < -0.39 is 10.8 Å². The molecule has 0 N–H and O–H groups in total. The molecular formula is C11H7NOS. The summed E-state index contributed by atoms with van der Waals surface area (Å²) in [5.41, 5.74) is 2.36. The summed E-state index contributed by atoms with van der Waals surface area (Å²) in [6.45, 7) is 0. The van der Waals surface area contributed by atoms with E-state index >= 15 is 0 Å². The normalized spacial score (nSPS) is 18.7. The van der Waals surface area contributed by atoms with E-state index in [0.29, 0.717) is 0 Å². The zero-order valence-corrected chi connectivity index (χ0v) is 8.12. The highest BCUT2D eigenvalue weighted by atomic mass is 32.2. The van der Waals surface area contributed by atoms with Gasteiger partial charge >= 0.3 is 0 Å². The number of hydrogen-bond acceptors (Lipinski definition) is 2. The Morgan fingerprint density at radius 1 is 1.07 bits per heavy atom. The van der Waals surface area contributed by atoms with Gasteiger partial charge in [-0.05, 0) is 11.5 Å². The molecule has 3 rings (SSSR count). The first kappa shape index (κ1) is 7.88. The molecule has 1 aliphatic rings. The second kappa shape index (κ2) is 2.75. The summed E-state index contributed by atoms with van der Waals surface area (Å²) in [5.74, 6) is 0. The van der Waals surface area contributed by atoms with Gasteiger partial charge in [-0.25, -0.2) is 9.20 Å². The first-order valence-electron chi connectivity index (χ1n) is 4.33. The maximum Gasteiger partial charge on any atom is 0.0984 e. The minimum absolute atomic E-state index is 0.823. The number of nitrogens with zero attached hydrogens (tertiary/aromatic N) is 1. The van der Waals surface area contributed by atoms with Crippen molar-refractivity contribution in [3.8, 4) is 0 Å². The second-order valence-electron chi connectivity index (χ2n) is 3.17. The Balaban J connectivity index is 2.49. The van der Waals surface area contributed by atoms with Crippen LogP contribution in [0.15, 0.2) is 46.3 Å². The Labute approximate surface area is 83.7 Å². The number of rotatable bonds is 0. The molecule has 1 atom stereocenters. The minimum Gasteiger partial charge on any atom is -0.248 e. The summed E-state index contributed by atoms with van der Waals surface area (Å²) in [4.78, 5) is 5.01. The monoisotopic (exact) mass is 201 g/mol. The topological polar surface area (TPSA) is 29.4 Å². The number of aliphatic imine (C=N–C) groups is 1. The van der Waals surface area contributed by atoms with E-state index in [4.69, 9.17) is 0 Å². The Morgan fingerprint density at radius 2 is 1.93 bits per heavy atom. The number of benzene rings is 2. The molecule has 14 heavy (non-hydrogen) atoms. The van der Waals surface area contributed by atoms with Gasteiger partial charge in [-0.2, -0.15) is 0 Å². The fraction of sp³-hybridized carbons (Fsp3) is 0. The molecule has 0 fully saturated rings. The number of hydrogen-bond donors (Lipinski definition) is 0. The summed E-state index contributed by atoms with van der Waals surface area (Å²) in [6, 6.07) is 11.9. The third kappa shape index (κ3) is 0.960. The first-order chi connectivity index (χ1) is 6.86. The van der Waals surface area contributed by atoms with Gasteiger partial charge in [0.15, 0.2) is 0 Å². The maximum absolute atomic E-state index is 11.5. The van der Waals surface area contributed by atoms with E-state index in [0.717, 1.165) is 21.4 Å². The van der Waals surface area contributed by atoms with Gasteiger partial charge < -0.3 is 0 Å². The molecule has 2 aromatic carbocycles. The molecule has 0 aliphatic carbocycles. The van der Waals surface area contributed by atoms with Gasteiger partial charge in [0.25, 0.3) is 0 Å². The minimum atomic E-state index is -1.05. The smallest absolute Gasteiger partial charge is 0.0984 e. The van der Waals surface area contributed by atoms with Crippen LogP contribution in [-0.2, 0) is 10.8 Å². The molecule has 0 radical (unpaired) electrons. The lowest BCUT2D eigenvalue weighted by atomic mass is 10.1. The summed E-state index contributed by atoms with van der Waals surface area (Å²) >= 11 is 0. The van der Waals surface area contributed by atoms with Crippen LogP contribution in [0.4, 0.5) is 5.69 Å². The van der Waals surface area contributed by atoms with Gasteiger partial charge in [-0.15, -0.1) is 0 Å². The maximum atomic E-state index is 11.5. The standard InChI is InChI=1S/C11H7NOS/c13-14-7-12-11-9-4-2-1-3-8(9)5-6-10(11)14/h1-7H. The highest BCUT2D eigenvalue weighted by Gasteiger charge is 2.15. The van der Waals surface area contributed by atoms with Crippen LogP contribution >= 0.6 is 0 Å². The lowest BCUT2D eigenvalue weighted by molar-refractivity contribution is 0.691. The molecule has 2 nitrogen and oxygen atoms in total. The Morgan fingerprint density at radius 3 is 2.86 bits per heavy atom. The van der Waals surface area contributed by atoms with Crippen molar-refractivity contribution in [2.45, 2.75) is 4.90 Å². The van der Waals surface area contributed by atoms with Gasteiger partial charge in [-0.1, -0.05) is 30.3 Å². The lowest BCUT2D eigenvalue weighted by Gasteiger charge is -2.01. The van der Waals surface area contributed by atoms with E-state index in [1.165, 1.54) is 5.55 Å². The SMILES string of the molecule is O=S1C=Nc2c1ccc1ccccc21. The van der Waals surface area contributed by atoms with E-state index in [1.807, 2.05) is 36.4 Å². The van der Waals surface area contributed by atoms with Crippen LogP contribution in [-0.4, -0.2) is 9.76 Å². The molecule has 2 aromatic rings. The Hall–Kier alpha value is -1.48. The quantitative estimate of drug-likeness (QED) is 0.644. The molecule has 0 saturated heterocycles. The molecule has 0 bridgehead atoms.